The maximum atomic E-state index is 12.4. The number of carbonyl (C=O) groups excluding carboxylic acids is 1. The van der Waals surface area contributed by atoms with Crippen molar-refractivity contribution in [3.8, 4) is 17.2 Å². The summed E-state index contributed by atoms with van der Waals surface area (Å²) in [5.41, 5.74) is 0.577. The number of hydrogen-bond acceptors (Lipinski definition) is 10. The highest BCUT2D eigenvalue weighted by Crippen LogP contribution is 2.36. The zero-order valence-electron chi connectivity index (χ0n) is 19.0. The van der Waals surface area contributed by atoms with Gasteiger partial charge in [-0.15, -0.1) is 10.2 Å². The first-order valence-corrected chi connectivity index (χ1v) is 11.7. The van der Waals surface area contributed by atoms with Gasteiger partial charge in [0.15, 0.2) is 34.4 Å². The second-order valence-electron chi connectivity index (χ2n) is 7.58. The molecule has 11 nitrogen and oxygen atoms in total. The van der Waals surface area contributed by atoms with Crippen LogP contribution in [-0.2, 0) is 24.0 Å². The quantitative estimate of drug-likeness (QED) is 0.365. The van der Waals surface area contributed by atoms with Gasteiger partial charge >= 0.3 is 0 Å². The summed E-state index contributed by atoms with van der Waals surface area (Å²) < 4.78 is 24.2. The van der Waals surface area contributed by atoms with E-state index in [4.69, 9.17) is 18.7 Å². The van der Waals surface area contributed by atoms with Gasteiger partial charge in [0.05, 0.1) is 25.0 Å². The van der Waals surface area contributed by atoms with Gasteiger partial charge in [-0.3, -0.25) is 4.79 Å². The number of methoxy groups -OCH3 is 1. The summed E-state index contributed by atoms with van der Waals surface area (Å²) in [6.07, 6.45) is -0.394. The number of aromatic nitrogens is 5. The van der Waals surface area contributed by atoms with E-state index >= 15 is 0 Å². The van der Waals surface area contributed by atoms with Crippen molar-refractivity contribution in [1.29, 1.82) is 0 Å². The molecule has 0 fully saturated rings. The number of fused-ring (bicyclic) bond motifs is 1. The first-order chi connectivity index (χ1) is 17.1. The number of anilines is 1. The zero-order chi connectivity index (χ0) is 24.2. The van der Waals surface area contributed by atoms with E-state index in [9.17, 15) is 4.79 Å². The van der Waals surface area contributed by atoms with Crippen LogP contribution in [0.25, 0.3) is 0 Å². The first-order valence-electron chi connectivity index (χ1n) is 10.8. The van der Waals surface area contributed by atoms with Gasteiger partial charge in [-0.1, -0.05) is 41.2 Å². The fraction of sp³-hybridized carbons (Fsp3) is 0.261. The Labute approximate surface area is 204 Å². The monoisotopic (exact) mass is 494 g/mol. The fourth-order valence-corrected chi connectivity index (χ4v) is 4.27. The van der Waals surface area contributed by atoms with E-state index in [2.05, 4.69) is 25.7 Å². The molecule has 0 bridgehead atoms. The Kier molecular flexibility index (Phi) is 6.53. The van der Waals surface area contributed by atoms with Gasteiger partial charge < -0.3 is 28.6 Å². The van der Waals surface area contributed by atoms with Crippen LogP contribution in [0.4, 0.5) is 5.69 Å². The molecule has 1 amide bonds. The third-order valence-electron chi connectivity index (χ3n) is 5.20. The van der Waals surface area contributed by atoms with Gasteiger partial charge in [0.1, 0.15) is 12.4 Å². The maximum Gasteiger partial charge on any atom is 0.237 e. The van der Waals surface area contributed by atoms with E-state index in [1.54, 1.807) is 19.2 Å². The van der Waals surface area contributed by atoms with Crippen LogP contribution in [0, 0.1) is 0 Å². The number of benzene rings is 2. The van der Waals surface area contributed by atoms with Crippen LogP contribution < -0.4 is 19.5 Å². The Hall–Kier alpha value is -4.06. The van der Waals surface area contributed by atoms with Crippen molar-refractivity contribution in [3.05, 3.63) is 66.1 Å². The Bertz CT molecular complexity index is 1340. The molecular formula is C23H22N6O5S. The number of carbonyl (C=O) groups is 1. The molecule has 4 aromatic rings. The third-order valence-corrected chi connectivity index (χ3v) is 6.20. The zero-order valence-corrected chi connectivity index (χ0v) is 19.8. The van der Waals surface area contributed by atoms with E-state index in [1.165, 1.54) is 11.8 Å². The van der Waals surface area contributed by atoms with Crippen LogP contribution in [0.1, 0.15) is 23.6 Å². The molecule has 180 valence electrons. The number of para-hydroxylation sites is 4. The summed E-state index contributed by atoms with van der Waals surface area (Å²) in [5.74, 6) is 3.38. The molecule has 0 saturated heterocycles. The summed E-state index contributed by atoms with van der Waals surface area (Å²) in [6.45, 7) is 0.345. The smallest absolute Gasteiger partial charge is 0.237 e. The molecule has 12 heteroatoms. The minimum absolute atomic E-state index is 0.0270. The van der Waals surface area contributed by atoms with Crippen molar-refractivity contribution in [3.63, 3.8) is 0 Å². The van der Waals surface area contributed by atoms with Gasteiger partial charge in [0, 0.05) is 7.05 Å². The molecule has 1 atom stereocenters. The van der Waals surface area contributed by atoms with Gasteiger partial charge in [-0.2, -0.15) is 4.98 Å². The van der Waals surface area contributed by atoms with Crippen LogP contribution in [0.3, 0.4) is 0 Å². The van der Waals surface area contributed by atoms with Gasteiger partial charge in [0.2, 0.25) is 11.8 Å². The minimum Gasteiger partial charge on any atom is -0.495 e. The number of thioether (sulfide) groups is 1. The van der Waals surface area contributed by atoms with Crippen LogP contribution in [0.5, 0.6) is 17.2 Å². The molecule has 1 aliphatic heterocycles. The second kappa shape index (κ2) is 10.1. The lowest BCUT2D eigenvalue weighted by molar-refractivity contribution is -0.115. The molecule has 1 aliphatic rings. The third kappa shape index (κ3) is 5.06. The van der Waals surface area contributed by atoms with Gasteiger partial charge in [0.25, 0.3) is 0 Å². The van der Waals surface area contributed by atoms with Crippen LogP contribution >= 0.6 is 11.8 Å². The fourth-order valence-electron chi connectivity index (χ4n) is 3.51. The summed E-state index contributed by atoms with van der Waals surface area (Å²) in [4.78, 5) is 16.7. The molecule has 0 unspecified atom stereocenters. The molecule has 0 radical (unpaired) electrons. The van der Waals surface area contributed by atoms with Crippen molar-refractivity contribution < 1.29 is 23.5 Å². The number of nitrogens with zero attached hydrogens (tertiary/aromatic N) is 5. The molecule has 3 heterocycles. The highest BCUT2D eigenvalue weighted by atomic mass is 32.2. The average Bonchev–Trinajstić information content (AvgIpc) is 3.48. The molecule has 2 aromatic heterocycles. The first kappa shape index (κ1) is 22.7. The standard InChI is InChI=1S/C23H22N6O5S/c1-29-22(18-12-32-16-9-5-6-10-17(16)33-18)26-27-23(29)35-13-21-25-19(28-34-21)11-20(30)24-14-7-3-4-8-15(14)31-2/h3-10,18H,11-13H2,1-2H3,(H,24,30)/t18-/m1/s1. The van der Waals surface area contributed by atoms with Crippen LogP contribution in [0.15, 0.2) is 58.2 Å². The van der Waals surface area contributed by atoms with E-state index < -0.39 is 0 Å². The lowest BCUT2D eigenvalue weighted by Crippen LogP contribution is -2.24. The van der Waals surface area contributed by atoms with Gasteiger partial charge in [-0.25, -0.2) is 0 Å². The summed E-state index contributed by atoms with van der Waals surface area (Å²) in [7, 11) is 3.41. The highest BCUT2D eigenvalue weighted by molar-refractivity contribution is 7.98. The Morgan fingerprint density at radius 2 is 1.97 bits per heavy atom. The molecule has 0 spiro atoms. The van der Waals surface area contributed by atoms with E-state index in [-0.39, 0.29) is 24.3 Å². The molecular weight excluding hydrogens is 472 g/mol. The Morgan fingerprint density at radius 1 is 1.17 bits per heavy atom. The van der Waals surface area contributed by atoms with Crippen LogP contribution in [0.2, 0.25) is 0 Å². The Balaban J connectivity index is 1.17. The largest absolute Gasteiger partial charge is 0.495 e. The van der Waals surface area contributed by atoms with E-state index in [1.807, 2.05) is 48.0 Å². The molecule has 2 aromatic carbocycles. The number of nitrogens with one attached hydrogen (secondary N) is 1. The van der Waals surface area contributed by atoms with E-state index in [0.717, 1.165) is 0 Å². The number of ether oxygens (including phenoxy) is 3. The van der Waals surface area contributed by atoms with Crippen molar-refractivity contribution in [1.82, 2.24) is 24.9 Å². The summed E-state index contributed by atoms with van der Waals surface area (Å²) in [5, 5.41) is 15.9. The normalized spacial score (nSPS) is 14.5. The average molecular weight is 495 g/mol. The lowest BCUT2D eigenvalue weighted by atomic mass is 10.2. The van der Waals surface area contributed by atoms with E-state index in [0.29, 0.717) is 52.2 Å². The number of hydrogen-bond donors (Lipinski definition) is 1. The van der Waals surface area contributed by atoms with Crippen molar-refractivity contribution in [2.24, 2.45) is 7.05 Å². The highest BCUT2D eigenvalue weighted by Gasteiger charge is 2.27. The number of amides is 1. The van der Waals surface area contributed by atoms with Crippen molar-refractivity contribution in [2.75, 3.05) is 19.0 Å². The molecule has 35 heavy (non-hydrogen) atoms. The number of rotatable bonds is 8. The SMILES string of the molecule is COc1ccccc1NC(=O)Cc1noc(CSc2nnc([C@H]3COc4ccccc4O3)n2C)n1. The Morgan fingerprint density at radius 3 is 2.83 bits per heavy atom. The summed E-state index contributed by atoms with van der Waals surface area (Å²) >= 11 is 1.39. The minimum atomic E-state index is -0.367. The summed E-state index contributed by atoms with van der Waals surface area (Å²) in [6, 6.07) is 14.7. The predicted octanol–water partition coefficient (Wildman–Crippen LogP) is 3.19. The second-order valence-corrected chi connectivity index (χ2v) is 8.52. The van der Waals surface area contributed by atoms with Crippen molar-refractivity contribution in [2.45, 2.75) is 23.4 Å². The molecule has 5 rings (SSSR count). The van der Waals surface area contributed by atoms with Crippen molar-refractivity contribution >= 4 is 23.4 Å². The molecule has 0 aliphatic carbocycles. The topological polar surface area (TPSA) is 126 Å². The van der Waals surface area contributed by atoms with Crippen LogP contribution in [-0.4, -0.2) is 44.5 Å². The molecule has 0 saturated carbocycles. The predicted molar refractivity (Wildman–Crippen MR) is 125 cm³/mol. The van der Waals surface area contributed by atoms with Gasteiger partial charge in [-0.05, 0) is 24.3 Å². The molecule has 1 N–H and O–H groups in total. The lowest BCUT2D eigenvalue weighted by Gasteiger charge is -2.25. The maximum absolute atomic E-state index is 12.4.